The zero-order chi connectivity index (χ0) is 10.8. The molecule has 3 saturated heterocycles. The Morgan fingerprint density at radius 3 is 2.88 bits per heavy atom. The second-order valence-electron chi connectivity index (χ2n) is 4.59. The molecule has 1 unspecified atom stereocenters. The van der Waals surface area contributed by atoms with Gasteiger partial charge in [0.2, 0.25) is 0 Å². The smallest absolute Gasteiger partial charge is 0.0794 e. The van der Waals surface area contributed by atoms with Gasteiger partial charge < -0.3 is 5.32 Å². The highest BCUT2D eigenvalue weighted by Crippen LogP contribution is 2.15. The Morgan fingerprint density at radius 2 is 2.25 bits per heavy atom. The summed E-state index contributed by atoms with van der Waals surface area (Å²) in [7, 11) is 0. The normalized spacial score (nSPS) is 33.1. The predicted octanol–water partition coefficient (Wildman–Crippen LogP) is 0.232. The first-order chi connectivity index (χ1) is 7.92. The van der Waals surface area contributed by atoms with E-state index >= 15 is 0 Å². The van der Waals surface area contributed by atoms with Crippen LogP contribution in [0.1, 0.15) is 4.88 Å². The van der Waals surface area contributed by atoms with Crippen LogP contribution in [0.25, 0.3) is 0 Å². The van der Waals surface area contributed by atoms with E-state index in [1.54, 1.807) is 11.3 Å². The third-order valence-electron chi connectivity index (χ3n) is 3.55. The standard InChI is InChI=1S/C11H18N4S/c1-3-15-4-2-14(1)8-10(15)5-12-6-11-7-13-9-16-11/h7,9-10,12H,1-6,8H2. The fraction of sp³-hybridized carbons (Fsp3) is 0.727. The summed E-state index contributed by atoms with van der Waals surface area (Å²) in [4.78, 5) is 10.6. The average Bonchev–Trinajstić information content (AvgIpc) is 2.84. The van der Waals surface area contributed by atoms with E-state index in [0.717, 1.165) is 19.1 Å². The molecule has 1 aromatic heterocycles. The zero-order valence-corrected chi connectivity index (χ0v) is 10.2. The molecule has 16 heavy (non-hydrogen) atoms. The molecular formula is C11H18N4S. The van der Waals surface area contributed by atoms with Crippen LogP contribution in [-0.2, 0) is 6.54 Å². The molecule has 4 heterocycles. The molecule has 3 aliphatic heterocycles. The Morgan fingerprint density at radius 1 is 1.38 bits per heavy atom. The van der Waals surface area contributed by atoms with Crippen molar-refractivity contribution in [3.05, 3.63) is 16.6 Å². The van der Waals surface area contributed by atoms with Crippen molar-refractivity contribution < 1.29 is 0 Å². The predicted molar refractivity (Wildman–Crippen MR) is 65.6 cm³/mol. The maximum Gasteiger partial charge on any atom is 0.0794 e. The van der Waals surface area contributed by atoms with E-state index in [0.29, 0.717) is 0 Å². The summed E-state index contributed by atoms with van der Waals surface area (Å²) in [5.41, 5.74) is 1.90. The molecule has 0 radical (unpaired) electrons. The number of hydrogen-bond donors (Lipinski definition) is 1. The van der Waals surface area contributed by atoms with Crippen LogP contribution in [0.4, 0.5) is 0 Å². The molecule has 4 nitrogen and oxygen atoms in total. The van der Waals surface area contributed by atoms with Gasteiger partial charge in [0.1, 0.15) is 0 Å². The molecular weight excluding hydrogens is 220 g/mol. The van der Waals surface area contributed by atoms with E-state index in [1.165, 1.54) is 37.6 Å². The van der Waals surface area contributed by atoms with Crippen LogP contribution < -0.4 is 5.32 Å². The van der Waals surface area contributed by atoms with Crippen LogP contribution >= 0.6 is 11.3 Å². The van der Waals surface area contributed by atoms with Gasteiger partial charge in [-0.3, -0.25) is 14.8 Å². The van der Waals surface area contributed by atoms with Gasteiger partial charge in [-0.15, -0.1) is 11.3 Å². The molecule has 88 valence electrons. The van der Waals surface area contributed by atoms with Crippen LogP contribution in [0.15, 0.2) is 11.7 Å². The van der Waals surface area contributed by atoms with Gasteiger partial charge in [0.05, 0.1) is 5.51 Å². The summed E-state index contributed by atoms with van der Waals surface area (Å²) < 4.78 is 0. The topological polar surface area (TPSA) is 31.4 Å². The van der Waals surface area contributed by atoms with Crippen molar-refractivity contribution in [3.63, 3.8) is 0 Å². The van der Waals surface area contributed by atoms with Gasteiger partial charge >= 0.3 is 0 Å². The van der Waals surface area contributed by atoms with Crippen molar-refractivity contribution in [1.82, 2.24) is 20.1 Å². The zero-order valence-electron chi connectivity index (χ0n) is 9.43. The van der Waals surface area contributed by atoms with Crippen LogP contribution in [0.5, 0.6) is 0 Å². The Balaban J connectivity index is 1.45. The molecule has 1 aromatic rings. The SMILES string of the molecule is c1ncc(CNCC2CN3CCN2CC3)s1. The Bertz CT molecular complexity index is 319. The van der Waals surface area contributed by atoms with Crippen LogP contribution in [0.3, 0.4) is 0 Å². The van der Waals surface area contributed by atoms with Gasteiger partial charge in [0.25, 0.3) is 0 Å². The minimum absolute atomic E-state index is 0.718. The van der Waals surface area contributed by atoms with E-state index in [-0.39, 0.29) is 0 Å². The number of fused-ring (bicyclic) bond motifs is 3. The number of hydrogen-bond acceptors (Lipinski definition) is 5. The Labute approximate surface area is 100 Å². The third-order valence-corrected chi connectivity index (χ3v) is 4.33. The molecule has 0 aliphatic carbocycles. The molecule has 3 fully saturated rings. The largest absolute Gasteiger partial charge is 0.310 e. The lowest BCUT2D eigenvalue weighted by Crippen LogP contribution is -2.63. The molecule has 3 aliphatic rings. The van der Waals surface area contributed by atoms with Crippen molar-refractivity contribution in [2.75, 3.05) is 39.3 Å². The number of nitrogens with one attached hydrogen (secondary N) is 1. The quantitative estimate of drug-likeness (QED) is 0.814. The third kappa shape index (κ3) is 2.27. The van der Waals surface area contributed by atoms with Gasteiger partial charge in [0.15, 0.2) is 0 Å². The summed E-state index contributed by atoms with van der Waals surface area (Å²) >= 11 is 1.73. The highest BCUT2D eigenvalue weighted by molar-refractivity contribution is 7.09. The van der Waals surface area contributed by atoms with Crippen LogP contribution in [-0.4, -0.2) is 60.1 Å². The highest BCUT2D eigenvalue weighted by Gasteiger charge is 2.31. The van der Waals surface area contributed by atoms with Gasteiger partial charge in [-0.05, 0) is 0 Å². The van der Waals surface area contributed by atoms with E-state index in [1.807, 2.05) is 11.7 Å². The average molecular weight is 238 g/mol. The van der Waals surface area contributed by atoms with Gasteiger partial charge in [-0.2, -0.15) is 0 Å². The monoisotopic (exact) mass is 238 g/mol. The number of rotatable bonds is 4. The first-order valence-electron chi connectivity index (χ1n) is 5.96. The summed E-state index contributed by atoms with van der Waals surface area (Å²) in [6.45, 7) is 8.37. The maximum atomic E-state index is 4.09. The van der Waals surface area contributed by atoms with Gasteiger partial charge in [-0.25, -0.2) is 0 Å². The number of aromatic nitrogens is 1. The second-order valence-corrected chi connectivity index (χ2v) is 5.56. The van der Waals surface area contributed by atoms with Gasteiger partial charge in [-0.1, -0.05) is 0 Å². The Kier molecular flexibility index (Phi) is 3.19. The maximum absolute atomic E-state index is 4.09. The molecule has 1 N–H and O–H groups in total. The van der Waals surface area contributed by atoms with Crippen molar-refractivity contribution >= 4 is 11.3 Å². The molecule has 2 bridgehead atoms. The molecule has 0 aromatic carbocycles. The summed E-state index contributed by atoms with van der Waals surface area (Å²) in [5.74, 6) is 0. The first kappa shape index (κ1) is 10.7. The highest BCUT2D eigenvalue weighted by atomic mass is 32.1. The Hall–Kier alpha value is -0.490. The summed E-state index contributed by atoms with van der Waals surface area (Å²) in [6.07, 6.45) is 1.95. The lowest BCUT2D eigenvalue weighted by molar-refractivity contribution is 0.0136. The fourth-order valence-electron chi connectivity index (χ4n) is 2.61. The summed E-state index contributed by atoms with van der Waals surface area (Å²) in [6, 6.07) is 0.718. The molecule has 0 amide bonds. The second kappa shape index (κ2) is 4.79. The minimum Gasteiger partial charge on any atom is -0.310 e. The van der Waals surface area contributed by atoms with E-state index in [4.69, 9.17) is 0 Å². The molecule has 4 rings (SSSR count). The number of piperazine rings is 3. The fourth-order valence-corrected chi connectivity index (χ4v) is 3.17. The molecule has 5 heteroatoms. The number of nitrogens with zero attached hydrogens (tertiary/aromatic N) is 3. The number of thiazole rings is 1. The van der Waals surface area contributed by atoms with E-state index < -0.39 is 0 Å². The van der Waals surface area contributed by atoms with Crippen molar-refractivity contribution in [1.29, 1.82) is 0 Å². The van der Waals surface area contributed by atoms with Crippen LogP contribution in [0.2, 0.25) is 0 Å². The van der Waals surface area contributed by atoms with E-state index in [2.05, 4.69) is 20.1 Å². The summed E-state index contributed by atoms with van der Waals surface area (Å²) in [5, 5.41) is 3.54. The first-order valence-corrected chi connectivity index (χ1v) is 6.84. The molecule has 0 saturated carbocycles. The molecule has 0 spiro atoms. The van der Waals surface area contributed by atoms with Crippen molar-refractivity contribution in [3.8, 4) is 0 Å². The van der Waals surface area contributed by atoms with Crippen molar-refractivity contribution in [2.24, 2.45) is 0 Å². The molecule has 1 atom stereocenters. The lowest BCUT2D eigenvalue weighted by atomic mass is 10.1. The van der Waals surface area contributed by atoms with Gasteiger partial charge in [0, 0.05) is 62.9 Å². The van der Waals surface area contributed by atoms with Crippen LogP contribution in [0, 0.1) is 0 Å². The lowest BCUT2D eigenvalue weighted by Gasteiger charge is -2.47. The van der Waals surface area contributed by atoms with E-state index in [9.17, 15) is 0 Å². The van der Waals surface area contributed by atoms with Crippen molar-refractivity contribution in [2.45, 2.75) is 12.6 Å². The minimum atomic E-state index is 0.718.